The lowest BCUT2D eigenvalue weighted by molar-refractivity contribution is 0.198. The molecule has 142 valence electrons. The molecule has 2 unspecified atom stereocenters. The second-order valence-electron chi connectivity index (χ2n) is 7.52. The number of ether oxygens (including phenoxy) is 1. The monoisotopic (exact) mass is 384 g/mol. The van der Waals surface area contributed by atoms with Gasteiger partial charge in [0.15, 0.2) is 0 Å². The summed E-state index contributed by atoms with van der Waals surface area (Å²) in [6.07, 6.45) is 2.65. The minimum Gasteiger partial charge on any atom is -0.616 e. The summed E-state index contributed by atoms with van der Waals surface area (Å²) in [5.74, 6) is 3.21. The summed E-state index contributed by atoms with van der Waals surface area (Å²) in [5, 5.41) is 0. The largest absolute Gasteiger partial charge is 0.616 e. The van der Waals surface area contributed by atoms with Gasteiger partial charge < -0.3 is 14.2 Å². The van der Waals surface area contributed by atoms with Crippen molar-refractivity contribution < 1.29 is 9.29 Å². The zero-order chi connectivity index (χ0) is 18.4. The Bertz CT molecular complexity index is 854. The molecular formula is C20H24N4O2S. The molecule has 5 rings (SSSR count). The number of aromatic nitrogens is 2. The van der Waals surface area contributed by atoms with Crippen molar-refractivity contribution >= 4 is 17.0 Å². The first-order chi connectivity index (χ1) is 13.2. The third-order valence-electron chi connectivity index (χ3n) is 5.98. The fourth-order valence-corrected chi connectivity index (χ4v) is 5.60. The number of rotatable bonds is 3. The van der Waals surface area contributed by atoms with Crippen LogP contribution in [0.3, 0.4) is 0 Å². The van der Waals surface area contributed by atoms with Crippen LogP contribution in [-0.2, 0) is 29.1 Å². The second kappa shape index (κ2) is 6.96. The van der Waals surface area contributed by atoms with Gasteiger partial charge >= 0.3 is 0 Å². The predicted molar refractivity (Wildman–Crippen MR) is 105 cm³/mol. The number of piperazine rings is 1. The number of hydrogen-bond acceptors (Lipinski definition) is 6. The van der Waals surface area contributed by atoms with Gasteiger partial charge in [0.25, 0.3) is 0 Å². The maximum atomic E-state index is 11.9. The van der Waals surface area contributed by atoms with Crippen LogP contribution in [0.5, 0.6) is 5.75 Å². The molecule has 7 heteroatoms. The first-order valence-corrected chi connectivity index (χ1v) is 11.1. The molecule has 0 amide bonds. The molecule has 0 bridgehead atoms. The number of nitrogens with zero attached hydrogens (tertiary/aromatic N) is 4. The Morgan fingerprint density at radius 1 is 1.15 bits per heavy atom. The van der Waals surface area contributed by atoms with E-state index in [0.29, 0.717) is 17.5 Å². The van der Waals surface area contributed by atoms with Crippen molar-refractivity contribution in [3.8, 4) is 5.75 Å². The fraction of sp³-hybridized carbons (Fsp3) is 0.500. The third kappa shape index (κ3) is 3.17. The Morgan fingerprint density at radius 3 is 2.85 bits per heavy atom. The van der Waals surface area contributed by atoms with Crippen LogP contribution < -0.4 is 9.64 Å². The van der Waals surface area contributed by atoms with E-state index in [1.54, 1.807) is 6.33 Å². The first kappa shape index (κ1) is 17.3. The molecule has 0 saturated carbocycles. The molecule has 27 heavy (non-hydrogen) atoms. The highest BCUT2D eigenvalue weighted by molar-refractivity contribution is 7.90. The van der Waals surface area contributed by atoms with Crippen molar-refractivity contribution in [1.29, 1.82) is 0 Å². The van der Waals surface area contributed by atoms with Gasteiger partial charge in [-0.2, -0.15) is 0 Å². The van der Waals surface area contributed by atoms with E-state index in [1.165, 1.54) is 11.1 Å². The summed E-state index contributed by atoms with van der Waals surface area (Å²) in [6.45, 7) is 6.92. The van der Waals surface area contributed by atoms with Gasteiger partial charge in [-0.1, -0.05) is 12.1 Å². The Morgan fingerprint density at radius 2 is 2.00 bits per heavy atom. The second-order valence-corrected chi connectivity index (χ2v) is 8.97. The van der Waals surface area contributed by atoms with Gasteiger partial charge in [-0.3, -0.25) is 4.90 Å². The van der Waals surface area contributed by atoms with E-state index in [9.17, 15) is 4.55 Å². The molecule has 0 radical (unpaired) electrons. The summed E-state index contributed by atoms with van der Waals surface area (Å²) >= 11 is -0.825. The molecule has 3 aliphatic heterocycles. The van der Waals surface area contributed by atoms with Gasteiger partial charge in [0.1, 0.15) is 35.1 Å². The van der Waals surface area contributed by atoms with Gasteiger partial charge in [0.2, 0.25) is 0 Å². The highest BCUT2D eigenvalue weighted by Crippen LogP contribution is 2.33. The average molecular weight is 385 g/mol. The molecule has 0 N–H and O–H groups in total. The molecule has 3 aliphatic rings. The summed E-state index contributed by atoms with van der Waals surface area (Å²) < 4.78 is 17.7. The van der Waals surface area contributed by atoms with Gasteiger partial charge in [-0.05, 0) is 35.3 Å². The van der Waals surface area contributed by atoms with Crippen LogP contribution >= 0.6 is 0 Å². The summed E-state index contributed by atoms with van der Waals surface area (Å²) in [5.41, 5.74) is 4.70. The maximum Gasteiger partial charge on any atom is 0.148 e. The van der Waals surface area contributed by atoms with Gasteiger partial charge in [-0.15, -0.1) is 0 Å². The molecule has 4 heterocycles. The van der Waals surface area contributed by atoms with Crippen LogP contribution in [0, 0.1) is 0 Å². The van der Waals surface area contributed by atoms with Crippen LogP contribution in [-0.4, -0.2) is 52.2 Å². The maximum absolute atomic E-state index is 11.9. The highest BCUT2D eigenvalue weighted by atomic mass is 32.2. The lowest BCUT2D eigenvalue weighted by Gasteiger charge is -2.39. The van der Waals surface area contributed by atoms with Crippen molar-refractivity contribution in [3.63, 3.8) is 0 Å². The Labute approximate surface area is 162 Å². The standard InChI is InChI=1S/C20H24N4O2S/c1-14(16-3-2-15-4-9-26-19(15)10-16)23-5-7-24(8-6-23)20-17-11-27(25)12-18(17)21-13-22-20/h2-3,10,13-14H,4-9,11-12H2,1H3. The van der Waals surface area contributed by atoms with Crippen LogP contribution in [0.4, 0.5) is 5.82 Å². The fourth-order valence-electron chi connectivity index (χ4n) is 4.32. The predicted octanol–water partition coefficient (Wildman–Crippen LogP) is 2.06. The Hall–Kier alpha value is -1.83. The molecule has 0 aliphatic carbocycles. The van der Waals surface area contributed by atoms with Crippen LogP contribution in [0.25, 0.3) is 0 Å². The number of hydrogen-bond donors (Lipinski definition) is 0. The number of anilines is 1. The minimum atomic E-state index is -0.825. The number of benzene rings is 1. The lowest BCUT2D eigenvalue weighted by atomic mass is 10.0. The van der Waals surface area contributed by atoms with Crippen molar-refractivity contribution in [1.82, 2.24) is 14.9 Å². The summed E-state index contributed by atoms with van der Waals surface area (Å²) in [6, 6.07) is 7.04. The molecule has 1 fully saturated rings. The molecule has 2 aromatic rings. The topological polar surface area (TPSA) is 64.5 Å². The van der Waals surface area contributed by atoms with Crippen LogP contribution in [0.2, 0.25) is 0 Å². The van der Waals surface area contributed by atoms with Crippen molar-refractivity contribution in [2.75, 3.05) is 37.7 Å². The zero-order valence-corrected chi connectivity index (χ0v) is 16.4. The summed E-state index contributed by atoms with van der Waals surface area (Å²) in [4.78, 5) is 13.7. The minimum absolute atomic E-state index is 0.366. The van der Waals surface area contributed by atoms with Crippen molar-refractivity contribution in [3.05, 3.63) is 46.9 Å². The SMILES string of the molecule is CC(c1ccc2c(c1)OCC2)N1CCN(c2ncnc3c2C[S+]([O-])C3)CC1. The highest BCUT2D eigenvalue weighted by Gasteiger charge is 2.31. The molecule has 6 nitrogen and oxygen atoms in total. The number of fused-ring (bicyclic) bond motifs is 2. The lowest BCUT2D eigenvalue weighted by Crippen LogP contribution is -2.47. The van der Waals surface area contributed by atoms with E-state index in [4.69, 9.17) is 4.74 Å². The van der Waals surface area contributed by atoms with Crippen LogP contribution in [0.15, 0.2) is 24.5 Å². The van der Waals surface area contributed by atoms with Gasteiger partial charge in [0, 0.05) is 38.6 Å². The zero-order valence-electron chi connectivity index (χ0n) is 15.6. The molecule has 2 atom stereocenters. The Kier molecular flexibility index (Phi) is 4.46. The third-order valence-corrected chi connectivity index (χ3v) is 7.19. The molecule has 1 aromatic carbocycles. The first-order valence-electron chi connectivity index (χ1n) is 9.61. The average Bonchev–Trinajstić information content (AvgIpc) is 3.31. The van der Waals surface area contributed by atoms with Gasteiger partial charge in [-0.25, -0.2) is 9.97 Å². The van der Waals surface area contributed by atoms with E-state index in [0.717, 1.165) is 62.0 Å². The van der Waals surface area contributed by atoms with E-state index in [1.807, 2.05) is 0 Å². The smallest absolute Gasteiger partial charge is 0.148 e. The quantitative estimate of drug-likeness (QED) is 0.755. The van der Waals surface area contributed by atoms with E-state index in [2.05, 4.69) is 44.9 Å². The van der Waals surface area contributed by atoms with Crippen LogP contribution in [0.1, 0.15) is 35.3 Å². The van der Waals surface area contributed by atoms with Gasteiger partial charge in [0.05, 0.1) is 12.2 Å². The van der Waals surface area contributed by atoms with E-state index < -0.39 is 11.2 Å². The van der Waals surface area contributed by atoms with E-state index >= 15 is 0 Å². The molecular weight excluding hydrogens is 360 g/mol. The van der Waals surface area contributed by atoms with E-state index in [-0.39, 0.29) is 0 Å². The molecule has 1 saturated heterocycles. The summed E-state index contributed by atoms with van der Waals surface area (Å²) in [7, 11) is 0. The van der Waals surface area contributed by atoms with Crippen molar-refractivity contribution in [2.24, 2.45) is 0 Å². The Balaban J connectivity index is 1.28. The van der Waals surface area contributed by atoms with Crippen molar-refractivity contribution in [2.45, 2.75) is 30.9 Å². The molecule has 1 aromatic heterocycles. The normalized spacial score (nSPS) is 23.0. The molecule has 0 spiro atoms.